The molecule has 53 heavy (non-hydrogen) atoms. The Morgan fingerprint density at radius 2 is 0.962 bits per heavy atom. The molecule has 0 saturated heterocycles. The van der Waals surface area contributed by atoms with Gasteiger partial charge in [0.25, 0.3) is 0 Å². The molecule has 11 rings (SSSR count). The number of hydrogen-bond donors (Lipinski definition) is 0. The topological polar surface area (TPSA) is 46.8 Å². The fraction of sp³-hybridized carbons (Fsp3) is 0. The molecular formula is C49H29N3O. The lowest BCUT2D eigenvalue weighted by Crippen LogP contribution is -1.96. The zero-order valence-corrected chi connectivity index (χ0v) is 28.5. The predicted molar refractivity (Wildman–Crippen MR) is 218 cm³/mol. The lowest BCUT2D eigenvalue weighted by molar-refractivity contribution is 0.669. The molecular weight excluding hydrogens is 647 g/mol. The van der Waals surface area contributed by atoms with Crippen molar-refractivity contribution < 1.29 is 4.42 Å². The van der Waals surface area contributed by atoms with Crippen LogP contribution < -0.4 is 0 Å². The highest BCUT2D eigenvalue weighted by Crippen LogP contribution is 2.41. The zero-order valence-electron chi connectivity index (χ0n) is 28.5. The number of hydrogen-bond acceptors (Lipinski definition) is 2. The monoisotopic (exact) mass is 675 g/mol. The fourth-order valence-corrected chi connectivity index (χ4v) is 8.41. The SMILES string of the molecule is N#Cc1cc(-c2cccc3oc4ccccc4c23)cc(-n2c3ccccc3c3cc(-c4ccc5c(c4)c4ccccc4n5-c4ccccc4)ccc32)c1. The van der Waals surface area contributed by atoms with E-state index in [4.69, 9.17) is 4.42 Å². The van der Waals surface area contributed by atoms with Crippen molar-refractivity contribution in [3.63, 3.8) is 0 Å². The van der Waals surface area contributed by atoms with Crippen LogP contribution in [0.15, 0.2) is 180 Å². The normalized spacial score (nSPS) is 11.8. The van der Waals surface area contributed by atoms with Gasteiger partial charge in [-0.2, -0.15) is 5.26 Å². The quantitative estimate of drug-likeness (QED) is 0.186. The van der Waals surface area contributed by atoms with E-state index in [-0.39, 0.29) is 0 Å². The average Bonchev–Trinajstić information content (AvgIpc) is 3.88. The number of benzene rings is 8. The van der Waals surface area contributed by atoms with Crippen LogP contribution in [0.25, 0.3) is 99.2 Å². The largest absolute Gasteiger partial charge is 0.456 e. The standard InChI is InChI=1S/C49H29N3O/c50-30-31-25-34(37-16-10-20-48-49(37)40-15-6-9-19-47(40)53-48)27-36(26-31)52-44-18-8-5-14-39(44)42-29-33(22-24-46(42)52)32-21-23-45-41(28-32)38-13-4-7-17-43(38)51(45)35-11-2-1-3-12-35/h1-29H. The number of nitrogens with zero attached hydrogens (tertiary/aromatic N) is 3. The molecule has 0 spiro atoms. The first-order valence-corrected chi connectivity index (χ1v) is 17.8. The van der Waals surface area contributed by atoms with Crippen LogP contribution in [0.2, 0.25) is 0 Å². The minimum absolute atomic E-state index is 0.604. The van der Waals surface area contributed by atoms with Crippen LogP contribution in [-0.4, -0.2) is 9.13 Å². The molecule has 0 aliphatic rings. The highest BCUT2D eigenvalue weighted by atomic mass is 16.3. The molecule has 11 aromatic rings. The van der Waals surface area contributed by atoms with Crippen molar-refractivity contribution in [2.75, 3.05) is 0 Å². The maximum atomic E-state index is 10.3. The Bertz CT molecular complexity index is 3300. The number of nitriles is 1. The number of rotatable bonds is 4. The van der Waals surface area contributed by atoms with E-state index in [0.717, 1.165) is 71.8 Å². The van der Waals surface area contributed by atoms with Gasteiger partial charge in [-0.15, -0.1) is 0 Å². The Hall–Kier alpha value is -7.35. The van der Waals surface area contributed by atoms with Gasteiger partial charge >= 0.3 is 0 Å². The summed E-state index contributed by atoms with van der Waals surface area (Å²) >= 11 is 0. The van der Waals surface area contributed by atoms with Crippen molar-refractivity contribution in [2.45, 2.75) is 0 Å². The molecule has 0 aliphatic heterocycles. The molecule has 0 atom stereocenters. The van der Waals surface area contributed by atoms with E-state index in [1.165, 1.54) is 27.4 Å². The summed E-state index contributed by atoms with van der Waals surface area (Å²) in [6.45, 7) is 0. The molecule has 4 heteroatoms. The van der Waals surface area contributed by atoms with Crippen LogP contribution in [0.1, 0.15) is 5.56 Å². The van der Waals surface area contributed by atoms with Gasteiger partial charge in [0, 0.05) is 43.7 Å². The predicted octanol–water partition coefficient (Wildman–Crippen LogP) is 13.0. The van der Waals surface area contributed by atoms with Crippen LogP contribution in [0.3, 0.4) is 0 Å². The summed E-state index contributed by atoms with van der Waals surface area (Å²) in [6.07, 6.45) is 0. The number of para-hydroxylation sites is 4. The lowest BCUT2D eigenvalue weighted by atomic mass is 9.97. The van der Waals surface area contributed by atoms with Gasteiger partial charge in [0.1, 0.15) is 11.2 Å². The van der Waals surface area contributed by atoms with Crippen molar-refractivity contribution in [2.24, 2.45) is 0 Å². The fourth-order valence-electron chi connectivity index (χ4n) is 8.41. The number of fused-ring (bicyclic) bond motifs is 9. The molecule has 0 saturated carbocycles. The molecule has 246 valence electrons. The van der Waals surface area contributed by atoms with Crippen LogP contribution in [0.4, 0.5) is 0 Å². The smallest absolute Gasteiger partial charge is 0.136 e. The summed E-state index contributed by atoms with van der Waals surface area (Å²) in [6, 6.07) is 64.3. The second-order valence-electron chi connectivity index (χ2n) is 13.7. The average molecular weight is 676 g/mol. The molecule has 8 aromatic carbocycles. The first kappa shape index (κ1) is 29.4. The molecule has 3 aromatic heterocycles. The van der Waals surface area contributed by atoms with E-state index >= 15 is 0 Å². The van der Waals surface area contributed by atoms with Crippen molar-refractivity contribution in [3.05, 3.63) is 181 Å². The molecule has 4 nitrogen and oxygen atoms in total. The van der Waals surface area contributed by atoms with E-state index in [0.29, 0.717) is 5.56 Å². The molecule has 0 bridgehead atoms. The molecule has 0 fully saturated rings. The van der Waals surface area contributed by atoms with E-state index in [9.17, 15) is 5.26 Å². The third-order valence-corrected chi connectivity index (χ3v) is 10.7. The molecule has 0 amide bonds. The summed E-state index contributed by atoms with van der Waals surface area (Å²) in [5.74, 6) is 0. The molecule has 0 aliphatic carbocycles. The van der Waals surface area contributed by atoms with Gasteiger partial charge in [0.2, 0.25) is 0 Å². The van der Waals surface area contributed by atoms with Gasteiger partial charge in [-0.25, -0.2) is 0 Å². The van der Waals surface area contributed by atoms with E-state index < -0.39 is 0 Å². The summed E-state index contributed by atoms with van der Waals surface area (Å²) in [5, 5.41) is 17.2. The third kappa shape index (κ3) is 4.41. The van der Waals surface area contributed by atoms with E-state index in [1.54, 1.807) is 0 Å². The summed E-state index contributed by atoms with van der Waals surface area (Å²) < 4.78 is 10.9. The highest BCUT2D eigenvalue weighted by Gasteiger charge is 2.18. The molecule has 3 heterocycles. The zero-order chi connectivity index (χ0) is 35.0. The van der Waals surface area contributed by atoms with Crippen LogP contribution in [0.5, 0.6) is 0 Å². The number of aromatic nitrogens is 2. The van der Waals surface area contributed by atoms with Crippen LogP contribution >= 0.6 is 0 Å². The Labute approximate surface area is 304 Å². The van der Waals surface area contributed by atoms with E-state index in [1.807, 2.05) is 42.5 Å². The van der Waals surface area contributed by atoms with Gasteiger partial charge in [0.15, 0.2) is 0 Å². The second kappa shape index (κ2) is 11.3. The summed E-state index contributed by atoms with van der Waals surface area (Å²) in [4.78, 5) is 0. The Morgan fingerprint density at radius 1 is 0.396 bits per heavy atom. The molecule has 0 unspecified atom stereocenters. The molecule has 0 radical (unpaired) electrons. The first-order valence-electron chi connectivity index (χ1n) is 17.8. The lowest BCUT2D eigenvalue weighted by Gasteiger charge is -2.12. The van der Waals surface area contributed by atoms with Crippen LogP contribution in [-0.2, 0) is 0 Å². The minimum atomic E-state index is 0.604. The van der Waals surface area contributed by atoms with Crippen molar-refractivity contribution in [3.8, 4) is 39.7 Å². The van der Waals surface area contributed by atoms with Gasteiger partial charge in [-0.3, -0.25) is 0 Å². The highest BCUT2D eigenvalue weighted by molar-refractivity contribution is 6.14. The Balaban J connectivity index is 1.10. The van der Waals surface area contributed by atoms with Gasteiger partial charge in [-0.1, -0.05) is 97.1 Å². The van der Waals surface area contributed by atoms with Crippen molar-refractivity contribution in [1.29, 1.82) is 5.26 Å². The van der Waals surface area contributed by atoms with Crippen molar-refractivity contribution in [1.82, 2.24) is 9.13 Å². The maximum absolute atomic E-state index is 10.3. The van der Waals surface area contributed by atoms with Gasteiger partial charge in [-0.05, 0) is 101 Å². The Morgan fingerprint density at radius 3 is 1.64 bits per heavy atom. The minimum Gasteiger partial charge on any atom is -0.456 e. The second-order valence-corrected chi connectivity index (χ2v) is 13.7. The first-order chi connectivity index (χ1) is 26.2. The third-order valence-electron chi connectivity index (χ3n) is 10.7. The Kier molecular flexibility index (Phi) is 6.28. The maximum Gasteiger partial charge on any atom is 0.136 e. The van der Waals surface area contributed by atoms with E-state index in [2.05, 4.69) is 149 Å². The molecule has 0 N–H and O–H groups in total. The number of furan rings is 1. The van der Waals surface area contributed by atoms with Gasteiger partial charge in [0.05, 0.1) is 33.7 Å². The van der Waals surface area contributed by atoms with Crippen molar-refractivity contribution >= 4 is 65.6 Å². The summed E-state index contributed by atoms with van der Waals surface area (Å²) in [5.41, 5.74) is 13.3. The van der Waals surface area contributed by atoms with Gasteiger partial charge < -0.3 is 13.6 Å². The van der Waals surface area contributed by atoms with Crippen LogP contribution in [0, 0.1) is 11.3 Å². The summed E-state index contributed by atoms with van der Waals surface area (Å²) in [7, 11) is 0.